The smallest absolute Gasteiger partial charge is 0.297 e. The van der Waals surface area contributed by atoms with Crippen LogP contribution in [0.5, 0.6) is 0 Å². The maximum atomic E-state index is 10.6. The van der Waals surface area contributed by atoms with E-state index in [1.54, 1.807) is 0 Å². The molecule has 0 aromatic heterocycles. The summed E-state index contributed by atoms with van der Waals surface area (Å²) in [6.07, 6.45) is 1.89. The second kappa shape index (κ2) is 6.43. The predicted molar refractivity (Wildman–Crippen MR) is 42.3 cm³/mol. The molecule has 0 N–H and O–H groups in total. The highest BCUT2D eigenvalue weighted by Gasteiger charge is 2.10. The summed E-state index contributed by atoms with van der Waals surface area (Å²) in [6.45, 7) is 3.99. The lowest BCUT2D eigenvalue weighted by atomic mass is 10.4. The third-order valence-electron chi connectivity index (χ3n) is 1.05. The van der Waals surface area contributed by atoms with Crippen LogP contribution in [0, 0.1) is 0 Å². The van der Waals surface area contributed by atoms with Gasteiger partial charge in [0, 0.05) is 0 Å². The van der Waals surface area contributed by atoms with Gasteiger partial charge in [0.25, 0.3) is 0 Å². The van der Waals surface area contributed by atoms with E-state index in [1.807, 2.05) is 6.92 Å². The summed E-state index contributed by atoms with van der Waals surface area (Å²) in [5, 5.41) is -0.642. The molecule has 0 aromatic rings. The van der Waals surface area contributed by atoms with Crippen molar-refractivity contribution in [1.82, 2.24) is 0 Å². The third kappa shape index (κ3) is 6.13. The van der Waals surface area contributed by atoms with Gasteiger partial charge in [0.05, 0.1) is 6.61 Å². The van der Waals surface area contributed by atoms with E-state index in [0.29, 0.717) is 6.61 Å². The van der Waals surface area contributed by atoms with Gasteiger partial charge in [-0.15, -0.1) is 11.6 Å². The van der Waals surface area contributed by atoms with Gasteiger partial charge in [-0.1, -0.05) is 13.3 Å². The van der Waals surface area contributed by atoms with Gasteiger partial charge in [-0.2, -0.15) is 4.89 Å². The minimum absolute atomic E-state index is 0.436. The van der Waals surface area contributed by atoms with Gasteiger partial charge in [-0.25, -0.2) is 4.79 Å². The van der Waals surface area contributed by atoms with E-state index >= 15 is 0 Å². The van der Waals surface area contributed by atoms with Crippen LogP contribution >= 0.6 is 11.6 Å². The molecular weight excluding hydrogens is 168 g/mol. The standard InChI is InChI=1S/C7H13ClO3/c1-3-4-5-10-11-7(9)6(2)8/h6H,3-5H2,1-2H3. The second-order valence-corrected chi connectivity index (χ2v) is 2.85. The summed E-state index contributed by atoms with van der Waals surface area (Å²) >= 11 is 5.39. The molecule has 1 atom stereocenters. The zero-order chi connectivity index (χ0) is 8.69. The van der Waals surface area contributed by atoms with Crippen LogP contribution in [-0.2, 0) is 14.6 Å². The number of carbonyl (C=O) groups excluding carboxylic acids is 1. The quantitative estimate of drug-likeness (QED) is 0.281. The molecule has 0 spiro atoms. The Bertz CT molecular complexity index is 114. The average molecular weight is 181 g/mol. The number of hydrogen-bond acceptors (Lipinski definition) is 3. The molecule has 0 rings (SSSR count). The fraction of sp³-hybridized carbons (Fsp3) is 0.857. The van der Waals surface area contributed by atoms with Crippen LogP contribution in [0.4, 0.5) is 0 Å². The maximum Gasteiger partial charge on any atom is 0.359 e. The highest BCUT2D eigenvalue weighted by molar-refractivity contribution is 6.29. The fourth-order valence-corrected chi connectivity index (χ4v) is 0.406. The Morgan fingerprint density at radius 3 is 2.73 bits per heavy atom. The first-order valence-electron chi connectivity index (χ1n) is 3.65. The zero-order valence-corrected chi connectivity index (χ0v) is 7.56. The minimum Gasteiger partial charge on any atom is -0.297 e. The molecule has 1 unspecified atom stereocenters. The average Bonchev–Trinajstić information content (AvgIpc) is 1.97. The molecule has 0 aliphatic heterocycles. The first kappa shape index (κ1) is 10.7. The number of rotatable bonds is 5. The molecule has 4 heteroatoms. The van der Waals surface area contributed by atoms with Gasteiger partial charge in [0.1, 0.15) is 5.38 Å². The van der Waals surface area contributed by atoms with Crippen molar-refractivity contribution in [2.45, 2.75) is 32.1 Å². The third-order valence-corrected chi connectivity index (χ3v) is 1.23. The van der Waals surface area contributed by atoms with Gasteiger partial charge >= 0.3 is 5.97 Å². The van der Waals surface area contributed by atoms with Crippen molar-refractivity contribution in [2.75, 3.05) is 6.61 Å². The molecule has 66 valence electrons. The van der Waals surface area contributed by atoms with Crippen molar-refractivity contribution in [1.29, 1.82) is 0 Å². The summed E-state index contributed by atoms with van der Waals surface area (Å²) in [7, 11) is 0. The van der Waals surface area contributed by atoms with E-state index in [0.717, 1.165) is 12.8 Å². The molecule has 0 fully saturated rings. The zero-order valence-electron chi connectivity index (χ0n) is 6.80. The van der Waals surface area contributed by atoms with Crippen LogP contribution in [0.2, 0.25) is 0 Å². The number of halogens is 1. The first-order chi connectivity index (χ1) is 5.18. The molecule has 11 heavy (non-hydrogen) atoms. The molecule has 0 aliphatic carbocycles. The largest absolute Gasteiger partial charge is 0.359 e. The Morgan fingerprint density at radius 2 is 2.27 bits per heavy atom. The lowest BCUT2D eigenvalue weighted by Gasteiger charge is -2.02. The molecule has 0 amide bonds. The predicted octanol–water partition coefficient (Wildman–Crippen LogP) is 1.89. The van der Waals surface area contributed by atoms with E-state index in [-0.39, 0.29) is 0 Å². The molecule has 0 aromatic carbocycles. The summed E-state index contributed by atoms with van der Waals surface area (Å²) in [6, 6.07) is 0. The second-order valence-electron chi connectivity index (χ2n) is 2.19. The summed E-state index contributed by atoms with van der Waals surface area (Å²) in [4.78, 5) is 19.5. The number of unbranched alkanes of at least 4 members (excludes halogenated alkanes) is 1. The Labute approximate surface area is 71.6 Å². The minimum atomic E-state index is -0.642. The number of alkyl halides is 1. The van der Waals surface area contributed by atoms with E-state index in [9.17, 15) is 4.79 Å². The van der Waals surface area contributed by atoms with E-state index in [2.05, 4.69) is 9.78 Å². The van der Waals surface area contributed by atoms with E-state index < -0.39 is 11.3 Å². The monoisotopic (exact) mass is 180 g/mol. The van der Waals surface area contributed by atoms with Gasteiger partial charge in [-0.3, -0.25) is 4.89 Å². The van der Waals surface area contributed by atoms with Crippen LogP contribution in [0.15, 0.2) is 0 Å². The van der Waals surface area contributed by atoms with Crippen molar-refractivity contribution in [2.24, 2.45) is 0 Å². The number of carbonyl (C=O) groups is 1. The van der Waals surface area contributed by atoms with Gasteiger partial charge in [0.2, 0.25) is 0 Å². The lowest BCUT2D eigenvalue weighted by Crippen LogP contribution is -2.14. The highest BCUT2D eigenvalue weighted by Crippen LogP contribution is 1.97. The van der Waals surface area contributed by atoms with Crippen molar-refractivity contribution in [3.05, 3.63) is 0 Å². The molecule has 0 heterocycles. The molecule has 0 aliphatic rings. The van der Waals surface area contributed by atoms with E-state index in [1.165, 1.54) is 6.92 Å². The maximum absolute atomic E-state index is 10.6. The molecule has 0 bridgehead atoms. The SMILES string of the molecule is CCCCOOC(=O)C(C)Cl. The van der Waals surface area contributed by atoms with Crippen molar-refractivity contribution >= 4 is 17.6 Å². The van der Waals surface area contributed by atoms with Crippen LogP contribution in [0.25, 0.3) is 0 Å². The van der Waals surface area contributed by atoms with Crippen molar-refractivity contribution in [3.8, 4) is 0 Å². The molecule has 0 saturated carbocycles. The molecule has 0 saturated heterocycles. The van der Waals surface area contributed by atoms with Crippen LogP contribution in [-0.4, -0.2) is 18.0 Å². The van der Waals surface area contributed by atoms with Crippen molar-refractivity contribution < 1.29 is 14.6 Å². The highest BCUT2D eigenvalue weighted by atomic mass is 35.5. The van der Waals surface area contributed by atoms with Crippen LogP contribution in [0.1, 0.15) is 26.7 Å². The molecular formula is C7H13ClO3. The lowest BCUT2D eigenvalue weighted by molar-refractivity contribution is -0.272. The fourth-order valence-electron chi connectivity index (χ4n) is 0.369. The Balaban J connectivity index is 3.18. The van der Waals surface area contributed by atoms with Gasteiger partial charge in [0.15, 0.2) is 0 Å². The van der Waals surface area contributed by atoms with Gasteiger partial charge in [-0.05, 0) is 13.3 Å². The van der Waals surface area contributed by atoms with Crippen LogP contribution in [0.3, 0.4) is 0 Å². The Morgan fingerprint density at radius 1 is 1.64 bits per heavy atom. The Kier molecular flexibility index (Phi) is 6.27. The van der Waals surface area contributed by atoms with Crippen molar-refractivity contribution in [3.63, 3.8) is 0 Å². The van der Waals surface area contributed by atoms with Gasteiger partial charge < -0.3 is 0 Å². The van der Waals surface area contributed by atoms with Crippen LogP contribution < -0.4 is 0 Å². The molecule has 3 nitrogen and oxygen atoms in total. The Hall–Kier alpha value is -0.280. The molecule has 0 radical (unpaired) electrons. The summed E-state index contributed by atoms with van der Waals surface area (Å²) in [5.41, 5.74) is 0. The topological polar surface area (TPSA) is 35.5 Å². The normalized spacial score (nSPS) is 12.6. The van der Waals surface area contributed by atoms with E-state index in [4.69, 9.17) is 11.6 Å². The number of hydrogen-bond donors (Lipinski definition) is 0. The first-order valence-corrected chi connectivity index (χ1v) is 4.09. The summed E-state index contributed by atoms with van der Waals surface area (Å²) in [5.74, 6) is -0.539. The summed E-state index contributed by atoms with van der Waals surface area (Å²) < 4.78 is 0.